The minimum atomic E-state index is -0.111. The molecule has 0 bridgehead atoms. The van der Waals surface area contributed by atoms with Crippen molar-refractivity contribution in [3.8, 4) is 12.3 Å². The van der Waals surface area contributed by atoms with Gasteiger partial charge >= 0.3 is 0 Å². The number of benzene rings is 2. The predicted octanol–water partition coefficient (Wildman–Crippen LogP) is 4.87. The molecule has 0 radical (unpaired) electrons. The highest BCUT2D eigenvalue weighted by Gasteiger charge is 2.09. The molecule has 138 valence electrons. The number of carbonyl (C=O) groups is 1. The van der Waals surface area contributed by atoms with Crippen LogP contribution >= 0.6 is 23.1 Å². The van der Waals surface area contributed by atoms with E-state index in [1.165, 1.54) is 32.9 Å². The summed E-state index contributed by atoms with van der Waals surface area (Å²) >= 11 is 3.19. The zero-order chi connectivity index (χ0) is 19.4. The maximum absolute atomic E-state index is 12.4. The molecule has 0 aliphatic rings. The van der Waals surface area contributed by atoms with Crippen LogP contribution < -0.4 is 4.80 Å². The van der Waals surface area contributed by atoms with E-state index in [1.54, 1.807) is 11.8 Å². The molecule has 0 saturated heterocycles. The summed E-state index contributed by atoms with van der Waals surface area (Å²) in [7, 11) is 0. The van der Waals surface area contributed by atoms with E-state index in [-0.39, 0.29) is 5.91 Å². The molecule has 1 aromatic heterocycles. The molecular weight excluding hydrogens is 372 g/mol. The number of hydrogen-bond acceptors (Lipinski definition) is 3. The average Bonchev–Trinajstić information content (AvgIpc) is 2.94. The van der Waals surface area contributed by atoms with Crippen molar-refractivity contribution in [3.63, 3.8) is 0 Å². The van der Waals surface area contributed by atoms with Crippen LogP contribution in [0.4, 0.5) is 0 Å². The Morgan fingerprint density at radius 3 is 2.59 bits per heavy atom. The third-order valence-electron chi connectivity index (χ3n) is 4.37. The molecule has 0 fully saturated rings. The molecular formula is C22H22N2OS2. The van der Waals surface area contributed by atoms with Crippen molar-refractivity contribution in [1.82, 2.24) is 4.57 Å². The number of nitrogens with zero attached hydrogens (tertiary/aromatic N) is 2. The quantitative estimate of drug-likeness (QED) is 0.457. The third-order valence-corrected chi connectivity index (χ3v) is 6.43. The number of amides is 1. The van der Waals surface area contributed by atoms with Gasteiger partial charge in [0.15, 0.2) is 4.80 Å². The maximum atomic E-state index is 12.4. The summed E-state index contributed by atoms with van der Waals surface area (Å²) in [5.41, 5.74) is 4.71. The standard InChI is InChI=1S/C22H22N2OS2/c1-5-11-24-19-13-16(3)17(4)14-20(19)27-22(24)23-21(25)10-12-26-18-8-6-15(2)7-9-18/h1,6-9,13-14H,10-12H2,2-4H3. The van der Waals surface area contributed by atoms with Crippen LogP contribution in [0.15, 0.2) is 46.3 Å². The molecule has 1 heterocycles. The Morgan fingerprint density at radius 1 is 1.19 bits per heavy atom. The molecule has 1 amide bonds. The van der Waals surface area contributed by atoms with Crippen LogP contribution in [0.2, 0.25) is 0 Å². The maximum Gasteiger partial charge on any atom is 0.249 e. The van der Waals surface area contributed by atoms with Crippen molar-refractivity contribution in [2.24, 2.45) is 4.99 Å². The SMILES string of the molecule is C#CCn1c(=NC(=O)CCSc2ccc(C)cc2)sc2cc(C)c(C)cc21. The predicted molar refractivity (Wildman–Crippen MR) is 115 cm³/mol. The lowest BCUT2D eigenvalue weighted by molar-refractivity contribution is -0.117. The first kappa shape index (κ1) is 19.5. The van der Waals surface area contributed by atoms with E-state index >= 15 is 0 Å². The Morgan fingerprint density at radius 2 is 1.89 bits per heavy atom. The number of fused-ring (bicyclic) bond motifs is 1. The van der Waals surface area contributed by atoms with Gasteiger partial charge in [-0.05, 0) is 56.2 Å². The highest BCUT2D eigenvalue weighted by molar-refractivity contribution is 7.99. The van der Waals surface area contributed by atoms with Crippen LogP contribution in [0.1, 0.15) is 23.1 Å². The van der Waals surface area contributed by atoms with Gasteiger partial charge < -0.3 is 4.57 Å². The van der Waals surface area contributed by atoms with Gasteiger partial charge in [0.2, 0.25) is 5.91 Å². The fraction of sp³-hybridized carbons (Fsp3) is 0.273. The van der Waals surface area contributed by atoms with Gasteiger partial charge in [-0.15, -0.1) is 18.2 Å². The Bertz CT molecular complexity index is 1080. The fourth-order valence-corrected chi connectivity index (χ4v) is 4.67. The van der Waals surface area contributed by atoms with Gasteiger partial charge in [0, 0.05) is 17.1 Å². The van der Waals surface area contributed by atoms with E-state index in [0.29, 0.717) is 23.5 Å². The first-order chi connectivity index (χ1) is 13.0. The van der Waals surface area contributed by atoms with Gasteiger partial charge in [-0.2, -0.15) is 4.99 Å². The lowest BCUT2D eigenvalue weighted by Crippen LogP contribution is -2.16. The second-order valence-corrected chi connectivity index (χ2v) is 8.67. The number of aryl methyl sites for hydroxylation is 3. The summed E-state index contributed by atoms with van der Waals surface area (Å²) < 4.78 is 3.06. The Kier molecular flexibility index (Phi) is 6.20. The molecule has 0 aliphatic carbocycles. The van der Waals surface area contributed by atoms with Crippen LogP contribution in [0.5, 0.6) is 0 Å². The Labute approximate surface area is 168 Å². The highest BCUT2D eigenvalue weighted by Crippen LogP contribution is 2.22. The zero-order valence-corrected chi connectivity index (χ0v) is 17.4. The van der Waals surface area contributed by atoms with Crippen molar-refractivity contribution >= 4 is 39.2 Å². The normalized spacial score (nSPS) is 11.7. The van der Waals surface area contributed by atoms with Crippen LogP contribution in [-0.2, 0) is 11.3 Å². The molecule has 3 aromatic rings. The molecule has 0 atom stereocenters. The molecule has 0 unspecified atom stereocenters. The first-order valence-electron chi connectivity index (χ1n) is 8.79. The number of thiazole rings is 1. The summed E-state index contributed by atoms with van der Waals surface area (Å²) in [5, 5.41) is 0. The number of carbonyl (C=O) groups excluding carboxylic acids is 1. The summed E-state index contributed by atoms with van der Waals surface area (Å²) in [6.45, 7) is 6.64. The molecule has 5 heteroatoms. The van der Waals surface area contributed by atoms with Crippen molar-refractivity contribution in [3.05, 3.63) is 57.9 Å². The van der Waals surface area contributed by atoms with Crippen molar-refractivity contribution in [2.45, 2.75) is 38.6 Å². The lowest BCUT2D eigenvalue weighted by Gasteiger charge is -2.03. The van der Waals surface area contributed by atoms with Gasteiger partial charge in [-0.3, -0.25) is 4.79 Å². The van der Waals surface area contributed by atoms with Gasteiger partial charge in [0.05, 0.1) is 16.8 Å². The topological polar surface area (TPSA) is 34.4 Å². The number of rotatable bonds is 5. The van der Waals surface area contributed by atoms with E-state index in [2.05, 4.69) is 68.1 Å². The monoisotopic (exact) mass is 394 g/mol. The molecule has 0 N–H and O–H groups in total. The summed E-state index contributed by atoms with van der Waals surface area (Å²) in [4.78, 5) is 18.6. The zero-order valence-electron chi connectivity index (χ0n) is 15.8. The minimum absolute atomic E-state index is 0.111. The van der Waals surface area contributed by atoms with Crippen LogP contribution in [-0.4, -0.2) is 16.2 Å². The van der Waals surface area contributed by atoms with Gasteiger partial charge in [-0.1, -0.05) is 35.0 Å². The van der Waals surface area contributed by atoms with E-state index in [4.69, 9.17) is 6.42 Å². The van der Waals surface area contributed by atoms with Crippen LogP contribution in [0, 0.1) is 33.1 Å². The summed E-state index contributed by atoms with van der Waals surface area (Å²) in [6, 6.07) is 12.6. The minimum Gasteiger partial charge on any atom is -0.305 e. The van der Waals surface area contributed by atoms with Crippen molar-refractivity contribution in [1.29, 1.82) is 0 Å². The molecule has 3 nitrogen and oxygen atoms in total. The van der Waals surface area contributed by atoms with Crippen LogP contribution in [0.3, 0.4) is 0 Å². The number of aromatic nitrogens is 1. The van der Waals surface area contributed by atoms with E-state index in [9.17, 15) is 4.79 Å². The molecule has 0 spiro atoms. The third kappa shape index (κ3) is 4.71. The first-order valence-corrected chi connectivity index (χ1v) is 10.6. The average molecular weight is 395 g/mol. The Hall–Kier alpha value is -2.29. The van der Waals surface area contributed by atoms with Gasteiger partial charge in [-0.25, -0.2) is 0 Å². The van der Waals surface area contributed by atoms with E-state index < -0.39 is 0 Å². The molecule has 2 aromatic carbocycles. The fourth-order valence-electron chi connectivity index (χ4n) is 2.70. The highest BCUT2D eigenvalue weighted by atomic mass is 32.2. The van der Waals surface area contributed by atoms with Gasteiger partial charge in [0.25, 0.3) is 0 Å². The number of hydrogen-bond donors (Lipinski definition) is 0. The summed E-state index contributed by atoms with van der Waals surface area (Å²) in [5.74, 6) is 3.27. The van der Waals surface area contributed by atoms with Crippen molar-refractivity contribution in [2.75, 3.05) is 5.75 Å². The van der Waals surface area contributed by atoms with Gasteiger partial charge in [0.1, 0.15) is 0 Å². The second kappa shape index (κ2) is 8.60. The van der Waals surface area contributed by atoms with E-state index in [1.807, 2.05) is 4.57 Å². The molecule has 27 heavy (non-hydrogen) atoms. The molecule has 0 saturated carbocycles. The smallest absolute Gasteiger partial charge is 0.249 e. The van der Waals surface area contributed by atoms with Crippen molar-refractivity contribution < 1.29 is 4.79 Å². The second-order valence-electron chi connectivity index (χ2n) is 6.50. The number of thioether (sulfide) groups is 1. The lowest BCUT2D eigenvalue weighted by atomic mass is 10.1. The Balaban J connectivity index is 1.79. The molecule has 3 rings (SSSR count). The number of terminal acetylenes is 1. The van der Waals surface area contributed by atoms with Crippen LogP contribution in [0.25, 0.3) is 10.2 Å². The van der Waals surface area contributed by atoms with E-state index in [0.717, 1.165) is 10.2 Å². The molecule has 0 aliphatic heterocycles. The largest absolute Gasteiger partial charge is 0.305 e. The summed E-state index contributed by atoms with van der Waals surface area (Å²) in [6.07, 6.45) is 5.94.